The molecule has 0 heterocycles. The van der Waals surface area contributed by atoms with Gasteiger partial charge in [-0.3, -0.25) is 0 Å². The van der Waals surface area contributed by atoms with Crippen LogP contribution in [0, 0.1) is 17.8 Å². The van der Waals surface area contributed by atoms with E-state index in [2.05, 4.69) is 19.2 Å². The predicted molar refractivity (Wildman–Crippen MR) is 47.5 cm³/mol. The van der Waals surface area contributed by atoms with Gasteiger partial charge in [-0.15, -0.1) is 0 Å². The summed E-state index contributed by atoms with van der Waals surface area (Å²) in [5, 5.41) is 3.51. The van der Waals surface area contributed by atoms with Crippen LogP contribution in [-0.4, -0.2) is 12.6 Å². The molecule has 0 radical (unpaired) electrons. The van der Waals surface area contributed by atoms with Crippen LogP contribution in [0.25, 0.3) is 0 Å². The van der Waals surface area contributed by atoms with Gasteiger partial charge in [0.25, 0.3) is 0 Å². The fourth-order valence-corrected chi connectivity index (χ4v) is 2.47. The van der Waals surface area contributed by atoms with E-state index in [1.54, 1.807) is 0 Å². The normalized spacial score (nSPS) is 48.5. The first kappa shape index (κ1) is 7.60. The molecule has 0 saturated heterocycles. The minimum atomic E-state index is 0.873. The monoisotopic (exact) mass is 153 g/mol. The van der Waals surface area contributed by atoms with Gasteiger partial charge < -0.3 is 5.32 Å². The molecule has 2 unspecified atom stereocenters. The summed E-state index contributed by atoms with van der Waals surface area (Å²) in [6, 6.07) is 0.873. The first-order valence-electron chi connectivity index (χ1n) is 5.04. The lowest BCUT2D eigenvalue weighted by Crippen LogP contribution is -2.41. The summed E-state index contributed by atoms with van der Waals surface area (Å²) in [5.74, 6) is 3.27. The lowest BCUT2D eigenvalue weighted by molar-refractivity contribution is 0.193. The molecule has 0 aromatic heterocycles. The summed E-state index contributed by atoms with van der Waals surface area (Å²) in [4.78, 5) is 0. The highest BCUT2D eigenvalue weighted by atomic mass is 14.9. The summed E-state index contributed by atoms with van der Waals surface area (Å²) in [6.45, 7) is 5.75. The lowest BCUT2D eigenvalue weighted by atomic mass is 9.76. The van der Waals surface area contributed by atoms with Crippen molar-refractivity contribution in [2.75, 3.05) is 6.54 Å². The van der Waals surface area contributed by atoms with E-state index in [1.165, 1.54) is 19.3 Å². The summed E-state index contributed by atoms with van der Waals surface area (Å²) < 4.78 is 0. The molecule has 0 aromatic rings. The average Bonchev–Trinajstić information content (AvgIpc) is 2.56. The molecule has 2 fully saturated rings. The van der Waals surface area contributed by atoms with Crippen LogP contribution in [0.15, 0.2) is 0 Å². The van der Waals surface area contributed by atoms with E-state index in [0.29, 0.717) is 0 Å². The largest absolute Gasteiger partial charge is 0.314 e. The van der Waals surface area contributed by atoms with E-state index >= 15 is 0 Å². The van der Waals surface area contributed by atoms with Gasteiger partial charge in [0.15, 0.2) is 0 Å². The predicted octanol–water partition coefficient (Wildman–Crippen LogP) is 2.03. The molecular formula is C10H19N. The first-order valence-corrected chi connectivity index (χ1v) is 5.04. The van der Waals surface area contributed by atoms with E-state index in [-0.39, 0.29) is 0 Å². The van der Waals surface area contributed by atoms with Gasteiger partial charge in [0, 0.05) is 6.04 Å². The SMILES string of the molecule is CCNC1CC(C2CC2C)C1. The van der Waals surface area contributed by atoms with Gasteiger partial charge in [0.2, 0.25) is 0 Å². The highest BCUT2D eigenvalue weighted by molar-refractivity contribution is 4.97. The molecule has 2 saturated carbocycles. The Hall–Kier alpha value is -0.0400. The first-order chi connectivity index (χ1) is 5.31. The second-order valence-corrected chi connectivity index (χ2v) is 4.36. The Labute approximate surface area is 69.6 Å². The van der Waals surface area contributed by atoms with Crippen LogP contribution >= 0.6 is 0 Å². The zero-order valence-electron chi connectivity index (χ0n) is 7.64. The van der Waals surface area contributed by atoms with E-state index in [0.717, 1.165) is 30.3 Å². The lowest BCUT2D eigenvalue weighted by Gasteiger charge is -2.36. The Kier molecular flexibility index (Phi) is 1.92. The Bertz CT molecular complexity index is 138. The van der Waals surface area contributed by atoms with Crippen LogP contribution in [-0.2, 0) is 0 Å². The number of nitrogens with one attached hydrogen (secondary N) is 1. The van der Waals surface area contributed by atoms with Gasteiger partial charge in [-0.1, -0.05) is 13.8 Å². The molecule has 0 aromatic carbocycles. The van der Waals surface area contributed by atoms with Gasteiger partial charge in [0.05, 0.1) is 0 Å². The van der Waals surface area contributed by atoms with Crippen molar-refractivity contribution >= 4 is 0 Å². The Balaban J connectivity index is 1.64. The van der Waals surface area contributed by atoms with Crippen LogP contribution in [0.3, 0.4) is 0 Å². The highest BCUT2D eigenvalue weighted by Gasteiger charge is 2.44. The molecule has 1 heteroatoms. The van der Waals surface area contributed by atoms with Crippen LogP contribution < -0.4 is 5.32 Å². The second-order valence-electron chi connectivity index (χ2n) is 4.36. The minimum Gasteiger partial charge on any atom is -0.314 e. The maximum absolute atomic E-state index is 3.51. The van der Waals surface area contributed by atoms with Crippen molar-refractivity contribution in [3.8, 4) is 0 Å². The van der Waals surface area contributed by atoms with Crippen molar-refractivity contribution in [2.45, 2.75) is 39.2 Å². The number of hydrogen-bond acceptors (Lipinski definition) is 1. The van der Waals surface area contributed by atoms with E-state index in [4.69, 9.17) is 0 Å². The summed E-state index contributed by atoms with van der Waals surface area (Å²) >= 11 is 0. The highest BCUT2D eigenvalue weighted by Crippen LogP contribution is 2.51. The third kappa shape index (κ3) is 1.44. The van der Waals surface area contributed by atoms with Crippen molar-refractivity contribution in [1.29, 1.82) is 0 Å². The van der Waals surface area contributed by atoms with Crippen molar-refractivity contribution in [3.05, 3.63) is 0 Å². The Morgan fingerprint density at radius 1 is 1.27 bits per heavy atom. The molecule has 2 aliphatic carbocycles. The third-order valence-electron chi connectivity index (χ3n) is 3.44. The average molecular weight is 153 g/mol. The zero-order valence-corrected chi connectivity index (χ0v) is 7.64. The van der Waals surface area contributed by atoms with Crippen LogP contribution in [0.1, 0.15) is 33.1 Å². The topological polar surface area (TPSA) is 12.0 Å². The molecule has 64 valence electrons. The van der Waals surface area contributed by atoms with Crippen molar-refractivity contribution in [2.24, 2.45) is 17.8 Å². The standard InChI is InChI=1S/C10H19N/c1-3-11-9-5-8(6-9)10-4-7(10)2/h7-11H,3-6H2,1-2H3. The third-order valence-corrected chi connectivity index (χ3v) is 3.44. The van der Waals surface area contributed by atoms with Crippen molar-refractivity contribution in [1.82, 2.24) is 5.32 Å². The fraction of sp³-hybridized carbons (Fsp3) is 1.00. The van der Waals surface area contributed by atoms with Crippen molar-refractivity contribution < 1.29 is 0 Å². The molecule has 1 nitrogen and oxygen atoms in total. The van der Waals surface area contributed by atoms with Gasteiger partial charge in [0.1, 0.15) is 0 Å². The van der Waals surface area contributed by atoms with E-state index in [1.807, 2.05) is 0 Å². The summed E-state index contributed by atoms with van der Waals surface area (Å²) in [7, 11) is 0. The Morgan fingerprint density at radius 3 is 2.36 bits per heavy atom. The van der Waals surface area contributed by atoms with E-state index < -0.39 is 0 Å². The Morgan fingerprint density at radius 2 is 1.91 bits per heavy atom. The van der Waals surface area contributed by atoms with Crippen LogP contribution in [0.2, 0.25) is 0 Å². The quantitative estimate of drug-likeness (QED) is 0.654. The van der Waals surface area contributed by atoms with E-state index in [9.17, 15) is 0 Å². The van der Waals surface area contributed by atoms with Crippen LogP contribution in [0.4, 0.5) is 0 Å². The molecule has 2 rings (SSSR count). The molecule has 11 heavy (non-hydrogen) atoms. The minimum absolute atomic E-state index is 0.873. The van der Waals surface area contributed by atoms with Crippen molar-refractivity contribution in [3.63, 3.8) is 0 Å². The molecule has 0 aliphatic heterocycles. The zero-order chi connectivity index (χ0) is 7.84. The molecule has 0 spiro atoms. The number of rotatable bonds is 3. The van der Waals surface area contributed by atoms with Crippen LogP contribution in [0.5, 0.6) is 0 Å². The summed E-state index contributed by atoms with van der Waals surface area (Å²) in [6.07, 6.45) is 4.44. The molecule has 1 N–H and O–H groups in total. The van der Waals surface area contributed by atoms with Gasteiger partial charge in [-0.2, -0.15) is 0 Å². The van der Waals surface area contributed by atoms with Gasteiger partial charge >= 0.3 is 0 Å². The number of hydrogen-bond donors (Lipinski definition) is 1. The van der Waals surface area contributed by atoms with Gasteiger partial charge in [-0.05, 0) is 43.6 Å². The smallest absolute Gasteiger partial charge is 0.00724 e. The fourth-order valence-electron chi connectivity index (χ4n) is 2.47. The maximum Gasteiger partial charge on any atom is 0.00724 e. The molecular weight excluding hydrogens is 134 g/mol. The molecule has 0 bridgehead atoms. The second kappa shape index (κ2) is 2.78. The summed E-state index contributed by atoms with van der Waals surface area (Å²) in [5.41, 5.74) is 0. The molecule has 2 aliphatic rings. The maximum atomic E-state index is 3.51. The molecule has 0 amide bonds. The van der Waals surface area contributed by atoms with Gasteiger partial charge in [-0.25, -0.2) is 0 Å². The molecule has 2 atom stereocenters.